The summed E-state index contributed by atoms with van der Waals surface area (Å²) in [6, 6.07) is -0.295. The van der Waals surface area contributed by atoms with Gasteiger partial charge >= 0.3 is 5.97 Å². The minimum atomic E-state index is -0.786. The van der Waals surface area contributed by atoms with E-state index in [2.05, 4.69) is 11.9 Å². The summed E-state index contributed by atoms with van der Waals surface area (Å²) in [6.07, 6.45) is 2.58. The molecule has 76 valence electrons. The van der Waals surface area contributed by atoms with Crippen LogP contribution >= 0.6 is 0 Å². The molecule has 13 heavy (non-hydrogen) atoms. The van der Waals surface area contributed by atoms with Gasteiger partial charge in [-0.2, -0.15) is 0 Å². The summed E-state index contributed by atoms with van der Waals surface area (Å²) in [4.78, 5) is 10.8. The van der Waals surface area contributed by atoms with Crippen LogP contribution in [-0.2, 0) is 4.79 Å². The standard InChI is InChI=1S/C10H19NO2/c1-5-6-8(4)11-9(7(2)3)10(12)13/h5,7-9,11H,1,6H2,2-4H3,(H,12,13). The number of rotatable bonds is 6. The Labute approximate surface area is 79.8 Å². The van der Waals surface area contributed by atoms with Crippen LogP contribution < -0.4 is 5.32 Å². The molecule has 0 aromatic rings. The second-order valence-corrected chi connectivity index (χ2v) is 3.65. The fraction of sp³-hybridized carbons (Fsp3) is 0.700. The lowest BCUT2D eigenvalue weighted by Crippen LogP contribution is -2.45. The Balaban J connectivity index is 4.09. The zero-order valence-corrected chi connectivity index (χ0v) is 8.58. The zero-order valence-electron chi connectivity index (χ0n) is 8.58. The number of hydrogen-bond acceptors (Lipinski definition) is 2. The van der Waals surface area contributed by atoms with E-state index in [1.807, 2.05) is 20.8 Å². The maximum absolute atomic E-state index is 10.8. The van der Waals surface area contributed by atoms with Gasteiger partial charge in [-0.15, -0.1) is 6.58 Å². The summed E-state index contributed by atoms with van der Waals surface area (Å²) in [5.41, 5.74) is 0. The van der Waals surface area contributed by atoms with Crippen LogP contribution in [0.4, 0.5) is 0 Å². The lowest BCUT2D eigenvalue weighted by molar-refractivity contribution is -0.140. The number of nitrogens with one attached hydrogen (secondary N) is 1. The van der Waals surface area contributed by atoms with E-state index in [1.165, 1.54) is 0 Å². The molecule has 0 spiro atoms. The number of aliphatic carboxylic acids is 1. The molecule has 0 aliphatic heterocycles. The molecule has 2 unspecified atom stereocenters. The van der Waals surface area contributed by atoms with Gasteiger partial charge in [0, 0.05) is 6.04 Å². The average molecular weight is 185 g/mol. The van der Waals surface area contributed by atoms with Gasteiger partial charge in [-0.25, -0.2) is 0 Å². The SMILES string of the molecule is C=CCC(C)NC(C(=O)O)C(C)C. The van der Waals surface area contributed by atoms with Gasteiger partial charge in [0.25, 0.3) is 0 Å². The van der Waals surface area contributed by atoms with Crippen LogP contribution in [-0.4, -0.2) is 23.2 Å². The van der Waals surface area contributed by atoms with Crippen molar-refractivity contribution in [3.8, 4) is 0 Å². The Morgan fingerprint density at radius 2 is 2.08 bits per heavy atom. The Morgan fingerprint density at radius 1 is 1.54 bits per heavy atom. The fourth-order valence-corrected chi connectivity index (χ4v) is 1.17. The summed E-state index contributed by atoms with van der Waals surface area (Å²) in [5.74, 6) is -0.685. The van der Waals surface area contributed by atoms with Crippen molar-refractivity contribution in [2.45, 2.75) is 39.3 Å². The minimum absolute atomic E-state index is 0.102. The lowest BCUT2D eigenvalue weighted by Gasteiger charge is -2.21. The van der Waals surface area contributed by atoms with E-state index in [9.17, 15) is 4.79 Å². The molecular formula is C10H19NO2. The van der Waals surface area contributed by atoms with Crippen molar-refractivity contribution in [2.24, 2.45) is 5.92 Å². The second-order valence-electron chi connectivity index (χ2n) is 3.65. The van der Waals surface area contributed by atoms with Gasteiger partial charge in [-0.05, 0) is 19.3 Å². The van der Waals surface area contributed by atoms with Crippen LogP contribution in [0.2, 0.25) is 0 Å². The maximum atomic E-state index is 10.8. The number of carbonyl (C=O) groups is 1. The Bertz CT molecular complexity index is 178. The van der Waals surface area contributed by atoms with Gasteiger partial charge in [0.2, 0.25) is 0 Å². The van der Waals surface area contributed by atoms with Crippen molar-refractivity contribution in [3.63, 3.8) is 0 Å². The highest BCUT2D eigenvalue weighted by molar-refractivity contribution is 5.73. The second kappa shape index (κ2) is 5.75. The predicted molar refractivity (Wildman–Crippen MR) is 53.7 cm³/mol. The van der Waals surface area contributed by atoms with Crippen LogP contribution in [0.15, 0.2) is 12.7 Å². The van der Waals surface area contributed by atoms with Crippen molar-refractivity contribution in [1.82, 2.24) is 5.32 Å². The molecule has 3 nitrogen and oxygen atoms in total. The van der Waals surface area contributed by atoms with Crippen molar-refractivity contribution < 1.29 is 9.90 Å². The Morgan fingerprint density at radius 3 is 2.38 bits per heavy atom. The largest absolute Gasteiger partial charge is 0.480 e. The molecule has 2 N–H and O–H groups in total. The van der Waals surface area contributed by atoms with Crippen LogP contribution in [0.3, 0.4) is 0 Å². The maximum Gasteiger partial charge on any atom is 0.320 e. The number of carboxylic acids is 1. The summed E-state index contributed by atoms with van der Waals surface area (Å²) >= 11 is 0. The van der Waals surface area contributed by atoms with Crippen LogP contribution in [0.25, 0.3) is 0 Å². The van der Waals surface area contributed by atoms with Gasteiger partial charge in [0.1, 0.15) is 6.04 Å². The molecule has 0 heterocycles. The summed E-state index contributed by atoms with van der Waals surface area (Å²) in [5, 5.41) is 11.9. The minimum Gasteiger partial charge on any atom is -0.480 e. The summed E-state index contributed by atoms with van der Waals surface area (Å²) in [6.45, 7) is 9.36. The monoisotopic (exact) mass is 185 g/mol. The van der Waals surface area contributed by atoms with Crippen LogP contribution in [0.5, 0.6) is 0 Å². The molecule has 0 fully saturated rings. The summed E-state index contributed by atoms with van der Waals surface area (Å²) in [7, 11) is 0. The van der Waals surface area contributed by atoms with E-state index < -0.39 is 12.0 Å². The van der Waals surface area contributed by atoms with Crippen molar-refractivity contribution in [3.05, 3.63) is 12.7 Å². The topological polar surface area (TPSA) is 49.3 Å². The third-order valence-corrected chi connectivity index (χ3v) is 1.92. The van der Waals surface area contributed by atoms with Crippen molar-refractivity contribution in [1.29, 1.82) is 0 Å². The van der Waals surface area contributed by atoms with Crippen molar-refractivity contribution in [2.75, 3.05) is 0 Å². The van der Waals surface area contributed by atoms with E-state index in [4.69, 9.17) is 5.11 Å². The molecule has 0 saturated carbocycles. The van der Waals surface area contributed by atoms with Gasteiger partial charge in [0.05, 0.1) is 0 Å². The lowest BCUT2D eigenvalue weighted by atomic mass is 10.0. The first-order valence-corrected chi connectivity index (χ1v) is 4.58. The zero-order chi connectivity index (χ0) is 10.4. The normalized spacial score (nSPS) is 15.4. The quantitative estimate of drug-likeness (QED) is 0.619. The molecule has 0 aliphatic rings. The highest BCUT2D eigenvalue weighted by Gasteiger charge is 2.22. The van der Waals surface area contributed by atoms with E-state index in [0.29, 0.717) is 0 Å². The smallest absolute Gasteiger partial charge is 0.320 e. The molecule has 2 atom stereocenters. The van der Waals surface area contributed by atoms with Gasteiger partial charge in [0.15, 0.2) is 0 Å². The molecule has 0 aromatic carbocycles. The van der Waals surface area contributed by atoms with Crippen LogP contribution in [0, 0.1) is 5.92 Å². The third-order valence-electron chi connectivity index (χ3n) is 1.92. The van der Waals surface area contributed by atoms with E-state index >= 15 is 0 Å². The van der Waals surface area contributed by atoms with Gasteiger partial charge < -0.3 is 10.4 Å². The third kappa shape index (κ3) is 4.68. The van der Waals surface area contributed by atoms with E-state index in [1.54, 1.807) is 6.08 Å². The first-order valence-electron chi connectivity index (χ1n) is 4.58. The van der Waals surface area contributed by atoms with Crippen LogP contribution in [0.1, 0.15) is 27.2 Å². The highest BCUT2D eigenvalue weighted by atomic mass is 16.4. The predicted octanol–water partition coefficient (Wildman–Crippen LogP) is 1.65. The van der Waals surface area contributed by atoms with Gasteiger partial charge in [-0.1, -0.05) is 19.9 Å². The van der Waals surface area contributed by atoms with E-state index in [0.717, 1.165) is 6.42 Å². The Kier molecular flexibility index (Phi) is 5.39. The molecule has 0 aliphatic carbocycles. The van der Waals surface area contributed by atoms with E-state index in [-0.39, 0.29) is 12.0 Å². The summed E-state index contributed by atoms with van der Waals surface area (Å²) < 4.78 is 0. The molecule has 0 rings (SSSR count). The molecule has 0 bridgehead atoms. The molecule has 0 amide bonds. The first kappa shape index (κ1) is 12.2. The van der Waals surface area contributed by atoms with Gasteiger partial charge in [-0.3, -0.25) is 4.79 Å². The molecule has 0 aromatic heterocycles. The average Bonchev–Trinajstić information content (AvgIpc) is 1.99. The Hall–Kier alpha value is -0.830. The number of hydrogen-bond donors (Lipinski definition) is 2. The first-order chi connectivity index (χ1) is 5.99. The number of carboxylic acid groups (broad SMARTS) is 1. The highest BCUT2D eigenvalue weighted by Crippen LogP contribution is 2.04. The molecule has 0 saturated heterocycles. The molecular weight excluding hydrogens is 166 g/mol. The fourth-order valence-electron chi connectivity index (χ4n) is 1.17. The molecule has 0 radical (unpaired) electrons. The molecule has 3 heteroatoms. The van der Waals surface area contributed by atoms with Crippen molar-refractivity contribution >= 4 is 5.97 Å².